The van der Waals surface area contributed by atoms with E-state index < -0.39 is 17.5 Å². The fourth-order valence-corrected chi connectivity index (χ4v) is 4.64. The largest absolute Gasteiger partial charge is 0.379 e. The number of imidazole rings is 1. The Morgan fingerprint density at radius 1 is 1.06 bits per heavy atom. The topological polar surface area (TPSA) is 65.1 Å². The Hall–Kier alpha value is -3.95. The van der Waals surface area contributed by atoms with Crippen molar-refractivity contribution in [3.05, 3.63) is 107 Å². The number of fused-ring (bicyclic) bond motifs is 1. The van der Waals surface area contributed by atoms with Gasteiger partial charge in [-0.3, -0.25) is 0 Å². The molecule has 5 rings (SSSR count). The smallest absolute Gasteiger partial charge is 0.133 e. The summed E-state index contributed by atoms with van der Waals surface area (Å²) in [7, 11) is 4.02. The molecule has 0 aliphatic carbocycles. The van der Waals surface area contributed by atoms with Crippen LogP contribution in [0.1, 0.15) is 34.8 Å². The molecule has 1 aromatic heterocycles. The fraction of sp³-hybridized carbons (Fsp3) is 0.185. The third-order valence-corrected chi connectivity index (χ3v) is 6.48. The Kier molecular flexibility index (Phi) is 4.99. The third kappa shape index (κ3) is 3.47. The molecule has 0 radical (unpaired) electrons. The van der Waals surface area contributed by atoms with Crippen molar-refractivity contribution in [3.63, 3.8) is 0 Å². The van der Waals surface area contributed by atoms with E-state index in [1.807, 2.05) is 49.0 Å². The summed E-state index contributed by atoms with van der Waals surface area (Å²) < 4.78 is 16.6. The molecule has 0 fully saturated rings. The van der Waals surface area contributed by atoms with Crippen molar-refractivity contribution < 1.29 is 9.50 Å². The van der Waals surface area contributed by atoms with Gasteiger partial charge in [-0.2, -0.15) is 5.26 Å². The number of rotatable bonds is 4. The van der Waals surface area contributed by atoms with Crippen LogP contribution in [-0.2, 0) is 5.60 Å². The average Bonchev–Trinajstić information content (AvgIpc) is 3.43. The summed E-state index contributed by atoms with van der Waals surface area (Å²) in [5.41, 5.74) is 4.03. The van der Waals surface area contributed by atoms with Crippen LogP contribution in [0.3, 0.4) is 0 Å². The van der Waals surface area contributed by atoms with Crippen LogP contribution in [0.2, 0.25) is 0 Å². The summed E-state index contributed by atoms with van der Waals surface area (Å²) in [4.78, 5) is 6.27. The quantitative estimate of drug-likeness (QED) is 0.494. The normalized spacial score (nSPS) is 19.2. The van der Waals surface area contributed by atoms with Crippen LogP contribution in [0.4, 0.5) is 10.1 Å². The maximum atomic E-state index is 14.8. The summed E-state index contributed by atoms with van der Waals surface area (Å²) in [5.74, 6) is -0.459. The van der Waals surface area contributed by atoms with Gasteiger partial charge in [-0.25, -0.2) is 9.37 Å². The van der Waals surface area contributed by atoms with Crippen molar-refractivity contribution in [3.8, 4) is 17.2 Å². The van der Waals surface area contributed by atoms with E-state index in [2.05, 4.69) is 34.1 Å². The molecule has 164 valence electrons. The van der Waals surface area contributed by atoms with Gasteiger partial charge in [-0.05, 0) is 41.0 Å². The van der Waals surface area contributed by atoms with E-state index in [1.54, 1.807) is 24.7 Å². The van der Waals surface area contributed by atoms with Crippen molar-refractivity contribution >= 4 is 5.69 Å². The Morgan fingerprint density at radius 3 is 2.33 bits per heavy atom. The molecule has 2 atom stereocenters. The number of aromatic nitrogens is 2. The van der Waals surface area contributed by atoms with Gasteiger partial charge in [0.1, 0.15) is 11.4 Å². The summed E-state index contributed by atoms with van der Waals surface area (Å²) >= 11 is 0. The van der Waals surface area contributed by atoms with Crippen LogP contribution in [0.5, 0.6) is 0 Å². The number of hydrogen-bond donors (Lipinski definition) is 1. The molecule has 1 aliphatic rings. The molecule has 0 saturated carbocycles. The molecule has 0 unspecified atom stereocenters. The second kappa shape index (κ2) is 7.88. The van der Waals surface area contributed by atoms with Crippen LogP contribution in [0.15, 0.2) is 79.3 Å². The minimum absolute atomic E-state index is 0.268. The van der Waals surface area contributed by atoms with Crippen LogP contribution >= 0.6 is 0 Å². The van der Waals surface area contributed by atoms with E-state index in [4.69, 9.17) is 5.26 Å². The van der Waals surface area contributed by atoms with Gasteiger partial charge in [0.25, 0.3) is 0 Å². The van der Waals surface area contributed by atoms with E-state index in [0.717, 1.165) is 22.4 Å². The highest BCUT2D eigenvalue weighted by molar-refractivity contribution is 5.66. The van der Waals surface area contributed by atoms with Gasteiger partial charge in [-0.1, -0.05) is 42.5 Å². The molecule has 0 amide bonds. The predicted octanol–water partition coefficient (Wildman–Crippen LogP) is 4.86. The molecule has 5 nitrogen and oxygen atoms in total. The Morgan fingerprint density at radius 2 is 1.73 bits per heavy atom. The zero-order valence-corrected chi connectivity index (χ0v) is 18.4. The van der Waals surface area contributed by atoms with E-state index in [-0.39, 0.29) is 12.0 Å². The Bertz CT molecular complexity index is 1350. The van der Waals surface area contributed by atoms with Crippen molar-refractivity contribution in [2.45, 2.75) is 18.1 Å². The summed E-state index contributed by atoms with van der Waals surface area (Å²) in [5, 5.41) is 20.8. The van der Waals surface area contributed by atoms with Gasteiger partial charge in [0.05, 0.1) is 35.9 Å². The molecule has 3 aromatic carbocycles. The van der Waals surface area contributed by atoms with Crippen molar-refractivity contribution in [2.24, 2.45) is 0 Å². The molecule has 4 aromatic rings. The number of hydrogen-bond acceptors (Lipinski definition) is 4. The van der Waals surface area contributed by atoms with Gasteiger partial charge in [0.2, 0.25) is 0 Å². The number of halogens is 1. The standard InChI is InChI=1S/C27H23FN4O/c1-31(2)22-10-6-20(7-11-22)19-4-8-21(9-5-19)27(33)14-25(32-17-30-16-26(27)32)23-12-3-18(15-29)13-24(23)28/h3-13,16-17,25,33H,14H2,1-2H3/t25-,27+/m1/s1. The van der Waals surface area contributed by atoms with Crippen molar-refractivity contribution in [1.82, 2.24) is 9.55 Å². The minimum Gasteiger partial charge on any atom is -0.379 e. The number of aliphatic hydroxyl groups is 1. The van der Waals surface area contributed by atoms with Crippen molar-refractivity contribution in [1.29, 1.82) is 5.26 Å². The lowest BCUT2D eigenvalue weighted by atomic mass is 9.86. The third-order valence-electron chi connectivity index (χ3n) is 6.48. The van der Waals surface area contributed by atoms with Crippen LogP contribution in [0, 0.1) is 17.1 Å². The van der Waals surface area contributed by atoms with Crippen LogP contribution < -0.4 is 4.90 Å². The van der Waals surface area contributed by atoms with Gasteiger partial charge in [0.15, 0.2) is 0 Å². The van der Waals surface area contributed by atoms with Crippen LogP contribution in [-0.4, -0.2) is 28.8 Å². The van der Waals surface area contributed by atoms with Gasteiger partial charge < -0.3 is 14.6 Å². The molecule has 6 heteroatoms. The Balaban J connectivity index is 1.48. The first kappa shape index (κ1) is 20.9. The highest BCUT2D eigenvalue weighted by atomic mass is 19.1. The monoisotopic (exact) mass is 438 g/mol. The molecule has 33 heavy (non-hydrogen) atoms. The lowest BCUT2D eigenvalue weighted by molar-refractivity contribution is 0.0792. The molecule has 2 heterocycles. The van der Waals surface area contributed by atoms with Gasteiger partial charge in [-0.15, -0.1) is 0 Å². The fourth-order valence-electron chi connectivity index (χ4n) is 4.64. The van der Waals surface area contributed by atoms with E-state index >= 15 is 0 Å². The maximum Gasteiger partial charge on any atom is 0.133 e. The SMILES string of the molecule is CN(C)c1ccc(-c2ccc([C@@]3(O)C[C@H](c4ccc(C#N)cc4F)n4cncc43)cc2)cc1. The maximum absolute atomic E-state index is 14.8. The number of nitrogens with zero attached hydrogens (tertiary/aromatic N) is 4. The van der Waals surface area contributed by atoms with Crippen molar-refractivity contribution in [2.75, 3.05) is 19.0 Å². The number of anilines is 1. The molecule has 0 spiro atoms. The first-order chi connectivity index (χ1) is 15.9. The predicted molar refractivity (Wildman–Crippen MR) is 125 cm³/mol. The second-order valence-corrected chi connectivity index (χ2v) is 8.63. The van der Waals surface area contributed by atoms with E-state index in [0.29, 0.717) is 11.3 Å². The summed E-state index contributed by atoms with van der Waals surface area (Å²) in [6.45, 7) is 0. The number of benzene rings is 3. The Labute approximate surface area is 192 Å². The number of nitriles is 1. The molecule has 0 saturated heterocycles. The lowest BCUT2D eigenvalue weighted by Crippen LogP contribution is -2.24. The molecule has 1 N–H and O–H groups in total. The highest BCUT2D eigenvalue weighted by Crippen LogP contribution is 2.47. The first-order valence-electron chi connectivity index (χ1n) is 10.7. The lowest BCUT2D eigenvalue weighted by Gasteiger charge is -2.23. The molecule has 1 aliphatic heterocycles. The van der Waals surface area contributed by atoms with Gasteiger partial charge >= 0.3 is 0 Å². The minimum atomic E-state index is -1.30. The molecule has 0 bridgehead atoms. The zero-order valence-electron chi connectivity index (χ0n) is 18.4. The van der Waals surface area contributed by atoms with E-state index in [9.17, 15) is 9.50 Å². The highest BCUT2D eigenvalue weighted by Gasteiger charge is 2.45. The molecular weight excluding hydrogens is 415 g/mol. The zero-order chi connectivity index (χ0) is 23.2. The first-order valence-corrected chi connectivity index (χ1v) is 10.7. The second-order valence-electron chi connectivity index (χ2n) is 8.63. The van der Waals surface area contributed by atoms with E-state index in [1.165, 1.54) is 6.07 Å². The van der Waals surface area contributed by atoms with Crippen LogP contribution in [0.25, 0.3) is 11.1 Å². The molecular formula is C27H23FN4O. The van der Waals surface area contributed by atoms with Gasteiger partial charge in [0, 0.05) is 31.8 Å². The summed E-state index contributed by atoms with van der Waals surface area (Å²) in [6, 6.07) is 22.1. The summed E-state index contributed by atoms with van der Waals surface area (Å²) in [6.07, 6.45) is 3.54. The average molecular weight is 439 g/mol.